The smallest absolute Gasteiger partial charge is 0.267 e. The number of nitrogens with zero attached hydrogens (tertiary/aromatic N) is 3. The predicted molar refractivity (Wildman–Crippen MR) is 123 cm³/mol. The van der Waals surface area contributed by atoms with Crippen molar-refractivity contribution in [1.82, 2.24) is 20.3 Å². The van der Waals surface area contributed by atoms with Gasteiger partial charge in [0.15, 0.2) is 6.29 Å². The van der Waals surface area contributed by atoms with Crippen LogP contribution in [0.25, 0.3) is 6.08 Å². The SMILES string of the molecule is O=C(/C=C/c1cnc(N[C@@H]2CCN(Cc3ccccn3)C2)c(Cl)c1)NOC1CCCCO1. The minimum Gasteiger partial charge on any atom is -0.365 e. The number of hydrogen-bond acceptors (Lipinski definition) is 7. The maximum Gasteiger partial charge on any atom is 0.267 e. The van der Waals surface area contributed by atoms with Gasteiger partial charge in [0.2, 0.25) is 0 Å². The van der Waals surface area contributed by atoms with Gasteiger partial charge in [-0.2, -0.15) is 0 Å². The Morgan fingerprint density at radius 3 is 3.03 bits per heavy atom. The van der Waals surface area contributed by atoms with Crippen molar-refractivity contribution < 1.29 is 14.4 Å². The summed E-state index contributed by atoms with van der Waals surface area (Å²) in [7, 11) is 0. The molecule has 4 rings (SSSR count). The van der Waals surface area contributed by atoms with Gasteiger partial charge in [0.1, 0.15) is 5.82 Å². The molecule has 4 heterocycles. The molecule has 0 aromatic carbocycles. The van der Waals surface area contributed by atoms with Crippen molar-refractivity contribution in [2.45, 2.75) is 44.6 Å². The molecule has 8 nitrogen and oxygen atoms in total. The lowest BCUT2D eigenvalue weighted by atomic mass is 10.2. The van der Waals surface area contributed by atoms with Crippen molar-refractivity contribution in [3.8, 4) is 0 Å². The highest BCUT2D eigenvalue weighted by Crippen LogP contribution is 2.24. The van der Waals surface area contributed by atoms with Crippen LogP contribution in [0, 0.1) is 0 Å². The zero-order valence-electron chi connectivity index (χ0n) is 17.9. The number of ether oxygens (including phenoxy) is 1. The summed E-state index contributed by atoms with van der Waals surface area (Å²) in [6.07, 6.45) is 10.0. The second-order valence-electron chi connectivity index (χ2n) is 8.00. The number of hydrogen-bond donors (Lipinski definition) is 2. The molecule has 2 saturated heterocycles. The number of carbonyl (C=O) groups excluding carboxylic acids is 1. The standard InChI is InChI=1S/C23H28ClN5O3/c24-20-13-17(7-8-21(30)28-32-22-6-2-4-12-31-22)14-26-23(20)27-19-9-11-29(16-19)15-18-5-1-3-10-25-18/h1,3,5,7-8,10,13-14,19,22H,2,4,6,9,11-12,15-16H2,(H,26,27)(H,28,30)/b8-7+/t19-,22?/m1/s1. The van der Waals surface area contributed by atoms with E-state index in [4.69, 9.17) is 21.2 Å². The molecule has 2 fully saturated rings. The lowest BCUT2D eigenvalue weighted by molar-refractivity contribution is -0.198. The molecule has 9 heteroatoms. The molecule has 32 heavy (non-hydrogen) atoms. The van der Waals surface area contributed by atoms with Gasteiger partial charge in [-0.25, -0.2) is 15.3 Å². The fourth-order valence-electron chi connectivity index (χ4n) is 3.79. The van der Waals surface area contributed by atoms with Crippen LogP contribution in [0.15, 0.2) is 42.7 Å². The molecule has 1 amide bonds. The van der Waals surface area contributed by atoms with Crippen molar-refractivity contribution in [3.05, 3.63) is 59.0 Å². The lowest BCUT2D eigenvalue weighted by Gasteiger charge is -2.21. The third-order valence-electron chi connectivity index (χ3n) is 5.44. The molecule has 0 spiro atoms. The van der Waals surface area contributed by atoms with Gasteiger partial charge in [0, 0.05) is 57.2 Å². The number of halogens is 1. The Kier molecular flexibility index (Phi) is 8.06. The molecular formula is C23H28ClN5O3. The van der Waals surface area contributed by atoms with E-state index in [-0.39, 0.29) is 18.2 Å². The zero-order valence-corrected chi connectivity index (χ0v) is 18.6. The van der Waals surface area contributed by atoms with Gasteiger partial charge in [0.05, 0.1) is 10.7 Å². The Hall–Kier alpha value is -2.52. The molecule has 1 unspecified atom stereocenters. The van der Waals surface area contributed by atoms with Crippen LogP contribution in [-0.2, 0) is 20.9 Å². The van der Waals surface area contributed by atoms with Crippen LogP contribution in [0.4, 0.5) is 5.82 Å². The highest BCUT2D eigenvalue weighted by Gasteiger charge is 2.23. The van der Waals surface area contributed by atoms with Gasteiger partial charge < -0.3 is 10.1 Å². The van der Waals surface area contributed by atoms with E-state index in [0.29, 0.717) is 17.4 Å². The molecule has 2 aromatic heterocycles. The lowest BCUT2D eigenvalue weighted by Crippen LogP contribution is -2.32. The Bertz CT molecular complexity index is 921. The van der Waals surface area contributed by atoms with Gasteiger partial charge in [-0.15, -0.1) is 0 Å². The molecule has 2 N–H and O–H groups in total. The van der Waals surface area contributed by atoms with Crippen molar-refractivity contribution in [1.29, 1.82) is 0 Å². The minimum absolute atomic E-state index is 0.273. The van der Waals surface area contributed by atoms with Crippen molar-refractivity contribution >= 4 is 29.4 Å². The molecule has 2 aliphatic heterocycles. The largest absolute Gasteiger partial charge is 0.365 e. The molecule has 2 aliphatic rings. The first kappa shape index (κ1) is 22.7. The van der Waals surface area contributed by atoms with E-state index in [1.807, 2.05) is 24.4 Å². The summed E-state index contributed by atoms with van der Waals surface area (Å²) in [5.41, 5.74) is 4.19. The average molecular weight is 458 g/mol. The quantitative estimate of drug-likeness (QED) is 0.464. The van der Waals surface area contributed by atoms with Gasteiger partial charge in [-0.1, -0.05) is 17.7 Å². The number of nitrogens with one attached hydrogen (secondary N) is 2. The van der Waals surface area contributed by atoms with E-state index in [1.165, 1.54) is 6.08 Å². The third-order valence-corrected chi connectivity index (χ3v) is 5.73. The molecule has 2 atom stereocenters. The maximum absolute atomic E-state index is 11.9. The molecule has 170 valence electrons. The molecule has 0 aliphatic carbocycles. The van der Waals surface area contributed by atoms with E-state index < -0.39 is 0 Å². The predicted octanol–water partition coefficient (Wildman–Crippen LogP) is 3.40. The summed E-state index contributed by atoms with van der Waals surface area (Å²) >= 11 is 6.43. The summed E-state index contributed by atoms with van der Waals surface area (Å²) in [6, 6.07) is 8.04. The second kappa shape index (κ2) is 11.4. The number of rotatable bonds is 8. The number of carbonyl (C=O) groups is 1. The van der Waals surface area contributed by atoms with Crippen LogP contribution < -0.4 is 10.8 Å². The van der Waals surface area contributed by atoms with Crippen LogP contribution >= 0.6 is 11.6 Å². The van der Waals surface area contributed by atoms with E-state index in [9.17, 15) is 4.79 Å². The van der Waals surface area contributed by atoms with Crippen LogP contribution in [0.1, 0.15) is 36.9 Å². The van der Waals surface area contributed by atoms with E-state index >= 15 is 0 Å². The molecular weight excluding hydrogens is 430 g/mol. The first-order chi connectivity index (χ1) is 15.7. The summed E-state index contributed by atoms with van der Waals surface area (Å²) in [5, 5.41) is 3.95. The highest BCUT2D eigenvalue weighted by atomic mass is 35.5. The monoisotopic (exact) mass is 457 g/mol. The molecule has 0 bridgehead atoms. The Labute approximate surface area is 192 Å². The number of hydroxylamine groups is 1. The number of anilines is 1. The summed E-state index contributed by atoms with van der Waals surface area (Å²) < 4.78 is 5.41. The van der Waals surface area contributed by atoms with Gasteiger partial charge in [-0.3, -0.25) is 14.7 Å². The van der Waals surface area contributed by atoms with E-state index in [2.05, 4.69) is 25.7 Å². The highest BCUT2D eigenvalue weighted by molar-refractivity contribution is 6.33. The van der Waals surface area contributed by atoms with E-state index in [1.54, 1.807) is 18.3 Å². The minimum atomic E-state index is -0.377. The number of likely N-dealkylation sites (tertiary alicyclic amines) is 1. The van der Waals surface area contributed by atoms with Crippen molar-refractivity contribution in [3.63, 3.8) is 0 Å². The van der Waals surface area contributed by atoms with Crippen molar-refractivity contribution in [2.24, 2.45) is 0 Å². The fourth-order valence-corrected chi connectivity index (χ4v) is 4.02. The topological polar surface area (TPSA) is 88.6 Å². The van der Waals surface area contributed by atoms with Crippen LogP contribution in [0.2, 0.25) is 5.02 Å². The van der Waals surface area contributed by atoms with Gasteiger partial charge >= 0.3 is 0 Å². The first-order valence-corrected chi connectivity index (χ1v) is 11.3. The third kappa shape index (κ3) is 6.74. The van der Waals surface area contributed by atoms with Gasteiger partial charge in [-0.05, 0) is 49.1 Å². The Balaban J connectivity index is 1.24. The first-order valence-electron chi connectivity index (χ1n) is 11.0. The Morgan fingerprint density at radius 1 is 1.31 bits per heavy atom. The van der Waals surface area contributed by atoms with Crippen LogP contribution in [-0.4, -0.2) is 52.8 Å². The molecule has 0 saturated carbocycles. The number of aromatic nitrogens is 2. The maximum atomic E-state index is 11.9. The van der Waals surface area contributed by atoms with Crippen molar-refractivity contribution in [2.75, 3.05) is 25.0 Å². The summed E-state index contributed by atoms with van der Waals surface area (Å²) in [6.45, 7) is 3.39. The molecule has 2 aromatic rings. The average Bonchev–Trinajstić information content (AvgIpc) is 3.26. The fraction of sp³-hybridized carbons (Fsp3) is 0.435. The molecule has 0 radical (unpaired) electrons. The second-order valence-corrected chi connectivity index (χ2v) is 8.41. The summed E-state index contributed by atoms with van der Waals surface area (Å²) in [4.78, 5) is 28.4. The summed E-state index contributed by atoms with van der Waals surface area (Å²) in [5.74, 6) is 0.284. The zero-order chi connectivity index (χ0) is 22.2. The van der Waals surface area contributed by atoms with E-state index in [0.717, 1.165) is 56.6 Å². The number of amides is 1. The van der Waals surface area contributed by atoms with Crippen LogP contribution in [0.5, 0.6) is 0 Å². The Morgan fingerprint density at radius 2 is 2.25 bits per heavy atom. The number of pyridine rings is 2. The van der Waals surface area contributed by atoms with Gasteiger partial charge in [0.25, 0.3) is 5.91 Å². The van der Waals surface area contributed by atoms with Crippen LogP contribution in [0.3, 0.4) is 0 Å². The normalized spacial score (nSPS) is 21.7.